The van der Waals surface area contributed by atoms with Crippen molar-refractivity contribution in [1.29, 1.82) is 0 Å². The standard InChI is InChI=1S/C9H7ClN4OS/c1-5-2-3-11-9(14-5)16-8-6(10)7(15)12-4-13-8/h2-4H,1H3,(H,12,13,15). The van der Waals surface area contributed by atoms with Crippen molar-refractivity contribution >= 4 is 23.4 Å². The van der Waals surface area contributed by atoms with Gasteiger partial charge in [0, 0.05) is 11.9 Å². The Morgan fingerprint density at radius 2 is 2.25 bits per heavy atom. The number of halogens is 1. The molecule has 0 fully saturated rings. The third-order valence-corrected chi connectivity index (χ3v) is 3.07. The number of hydrogen-bond donors (Lipinski definition) is 1. The molecule has 2 aromatic heterocycles. The first-order valence-corrected chi connectivity index (χ1v) is 5.57. The summed E-state index contributed by atoms with van der Waals surface area (Å²) in [6.45, 7) is 1.86. The monoisotopic (exact) mass is 254 g/mol. The maximum Gasteiger partial charge on any atom is 0.270 e. The van der Waals surface area contributed by atoms with E-state index in [0.29, 0.717) is 10.2 Å². The van der Waals surface area contributed by atoms with Gasteiger partial charge in [0.25, 0.3) is 5.56 Å². The molecule has 2 rings (SSSR count). The molecule has 0 bridgehead atoms. The van der Waals surface area contributed by atoms with Gasteiger partial charge in [-0.1, -0.05) is 11.6 Å². The van der Waals surface area contributed by atoms with Crippen molar-refractivity contribution in [3.63, 3.8) is 0 Å². The van der Waals surface area contributed by atoms with Crippen LogP contribution in [0.1, 0.15) is 5.69 Å². The average molecular weight is 255 g/mol. The van der Waals surface area contributed by atoms with E-state index < -0.39 is 0 Å². The normalized spacial score (nSPS) is 10.4. The first kappa shape index (κ1) is 11.1. The predicted molar refractivity (Wildman–Crippen MR) is 60.8 cm³/mol. The second-order valence-electron chi connectivity index (χ2n) is 2.93. The van der Waals surface area contributed by atoms with Crippen molar-refractivity contribution in [3.05, 3.63) is 39.7 Å². The van der Waals surface area contributed by atoms with E-state index in [1.165, 1.54) is 6.33 Å². The van der Waals surface area contributed by atoms with E-state index in [9.17, 15) is 4.79 Å². The molecule has 2 aromatic rings. The second kappa shape index (κ2) is 4.63. The molecule has 2 heterocycles. The number of hydrogen-bond acceptors (Lipinski definition) is 5. The second-order valence-corrected chi connectivity index (χ2v) is 4.27. The van der Waals surface area contributed by atoms with Crippen LogP contribution in [0, 0.1) is 6.92 Å². The van der Waals surface area contributed by atoms with E-state index >= 15 is 0 Å². The van der Waals surface area contributed by atoms with Gasteiger partial charge in [0.1, 0.15) is 10.0 Å². The molecule has 0 amide bonds. The largest absolute Gasteiger partial charge is 0.312 e. The van der Waals surface area contributed by atoms with Gasteiger partial charge in [-0.05, 0) is 24.8 Å². The molecule has 0 aliphatic heterocycles. The van der Waals surface area contributed by atoms with E-state index in [1.807, 2.05) is 6.92 Å². The van der Waals surface area contributed by atoms with Crippen LogP contribution in [0.2, 0.25) is 5.02 Å². The van der Waals surface area contributed by atoms with Crippen molar-refractivity contribution in [3.8, 4) is 0 Å². The summed E-state index contributed by atoms with van der Waals surface area (Å²) in [6, 6.07) is 1.79. The van der Waals surface area contributed by atoms with E-state index in [1.54, 1.807) is 12.3 Å². The lowest BCUT2D eigenvalue weighted by atomic mass is 10.5. The summed E-state index contributed by atoms with van der Waals surface area (Å²) in [5.41, 5.74) is 0.477. The molecule has 82 valence electrons. The van der Waals surface area contributed by atoms with Crippen LogP contribution >= 0.6 is 23.4 Å². The maximum absolute atomic E-state index is 11.2. The maximum atomic E-state index is 11.2. The van der Waals surface area contributed by atoms with E-state index in [2.05, 4.69) is 19.9 Å². The number of aryl methyl sites for hydroxylation is 1. The number of nitrogens with zero attached hydrogens (tertiary/aromatic N) is 3. The van der Waals surface area contributed by atoms with Gasteiger partial charge < -0.3 is 4.98 Å². The number of H-pyrrole nitrogens is 1. The molecule has 0 aromatic carbocycles. The lowest BCUT2D eigenvalue weighted by molar-refractivity contribution is 0.923. The van der Waals surface area contributed by atoms with E-state index in [0.717, 1.165) is 17.5 Å². The van der Waals surface area contributed by atoms with Crippen molar-refractivity contribution in [1.82, 2.24) is 19.9 Å². The summed E-state index contributed by atoms with van der Waals surface area (Å²) in [6.07, 6.45) is 2.94. The summed E-state index contributed by atoms with van der Waals surface area (Å²) in [4.78, 5) is 25.8. The van der Waals surface area contributed by atoms with Gasteiger partial charge in [0.2, 0.25) is 0 Å². The van der Waals surface area contributed by atoms with Crippen LogP contribution in [0.5, 0.6) is 0 Å². The zero-order valence-corrected chi connectivity index (χ0v) is 9.84. The van der Waals surface area contributed by atoms with Gasteiger partial charge in [-0.2, -0.15) is 0 Å². The Kier molecular flexibility index (Phi) is 3.21. The highest BCUT2D eigenvalue weighted by Gasteiger charge is 2.09. The Labute approximate surface area is 100 Å². The third-order valence-electron chi connectivity index (χ3n) is 1.73. The number of rotatable bonds is 2. The smallest absolute Gasteiger partial charge is 0.270 e. The van der Waals surface area contributed by atoms with Crippen LogP contribution in [-0.2, 0) is 0 Å². The lowest BCUT2D eigenvalue weighted by Gasteiger charge is -2.00. The molecule has 0 aliphatic rings. The third kappa shape index (κ3) is 2.40. The Bertz CT molecular complexity index is 571. The van der Waals surface area contributed by atoms with Gasteiger partial charge in [-0.15, -0.1) is 0 Å². The van der Waals surface area contributed by atoms with Crippen molar-refractivity contribution < 1.29 is 0 Å². The summed E-state index contributed by atoms with van der Waals surface area (Å²) < 4.78 is 0. The fraction of sp³-hybridized carbons (Fsp3) is 0.111. The minimum atomic E-state index is -0.369. The molecule has 16 heavy (non-hydrogen) atoms. The van der Waals surface area contributed by atoms with Gasteiger partial charge in [-0.25, -0.2) is 15.0 Å². The number of nitrogens with one attached hydrogen (secondary N) is 1. The fourth-order valence-corrected chi connectivity index (χ4v) is 1.98. The lowest BCUT2D eigenvalue weighted by Crippen LogP contribution is -2.07. The first-order chi connectivity index (χ1) is 7.66. The number of aromatic amines is 1. The van der Waals surface area contributed by atoms with Crippen LogP contribution in [0.25, 0.3) is 0 Å². The molecular weight excluding hydrogens is 248 g/mol. The van der Waals surface area contributed by atoms with Crippen LogP contribution in [0.15, 0.2) is 33.6 Å². The molecular formula is C9H7ClN4OS. The van der Waals surface area contributed by atoms with Crippen LogP contribution in [0.4, 0.5) is 0 Å². The van der Waals surface area contributed by atoms with Crippen LogP contribution in [0.3, 0.4) is 0 Å². The molecule has 1 N–H and O–H groups in total. The van der Waals surface area contributed by atoms with Gasteiger partial charge in [0.05, 0.1) is 6.33 Å². The summed E-state index contributed by atoms with van der Waals surface area (Å²) >= 11 is 6.96. The Hall–Kier alpha value is -1.40. The Morgan fingerprint density at radius 1 is 1.44 bits per heavy atom. The Balaban J connectivity index is 2.34. The quantitative estimate of drug-likeness (QED) is 0.652. The molecule has 0 saturated carbocycles. The summed E-state index contributed by atoms with van der Waals surface area (Å²) in [7, 11) is 0. The molecule has 5 nitrogen and oxygen atoms in total. The highest BCUT2D eigenvalue weighted by atomic mass is 35.5. The SMILES string of the molecule is Cc1ccnc(Sc2nc[nH]c(=O)c2Cl)n1. The van der Waals surface area contributed by atoms with Crippen LogP contribution < -0.4 is 5.56 Å². The van der Waals surface area contributed by atoms with Crippen molar-refractivity contribution in [2.75, 3.05) is 0 Å². The van der Waals surface area contributed by atoms with E-state index in [4.69, 9.17) is 11.6 Å². The molecule has 0 atom stereocenters. The van der Waals surface area contributed by atoms with Crippen LogP contribution in [-0.4, -0.2) is 19.9 Å². The predicted octanol–water partition coefficient (Wildman–Crippen LogP) is 1.67. The first-order valence-electron chi connectivity index (χ1n) is 4.37. The van der Waals surface area contributed by atoms with Gasteiger partial charge in [-0.3, -0.25) is 4.79 Å². The number of aromatic nitrogens is 4. The highest BCUT2D eigenvalue weighted by molar-refractivity contribution is 7.99. The molecule has 0 spiro atoms. The zero-order chi connectivity index (χ0) is 11.5. The molecule has 0 unspecified atom stereocenters. The fourth-order valence-electron chi connectivity index (χ4n) is 0.999. The van der Waals surface area contributed by atoms with Gasteiger partial charge in [0.15, 0.2) is 5.16 Å². The molecule has 0 aliphatic carbocycles. The summed E-state index contributed by atoms with van der Waals surface area (Å²) in [5, 5.41) is 0.966. The summed E-state index contributed by atoms with van der Waals surface area (Å²) in [5.74, 6) is 0. The highest BCUT2D eigenvalue weighted by Crippen LogP contribution is 2.26. The molecule has 0 radical (unpaired) electrons. The minimum absolute atomic E-state index is 0.0533. The topological polar surface area (TPSA) is 71.5 Å². The molecule has 7 heteroatoms. The minimum Gasteiger partial charge on any atom is -0.312 e. The van der Waals surface area contributed by atoms with Gasteiger partial charge >= 0.3 is 0 Å². The van der Waals surface area contributed by atoms with Crippen molar-refractivity contribution in [2.45, 2.75) is 17.1 Å². The zero-order valence-electron chi connectivity index (χ0n) is 8.27. The van der Waals surface area contributed by atoms with Crippen molar-refractivity contribution in [2.24, 2.45) is 0 Å². The average Bonchev–Trinajstić information content (AvgIpc) is 2.25. The Morgan fingerprint density at radius 3 is 3.00 bits per heavy atom. The molecule has 0 saturated heterocycles. The van der Waals surface area contributed by atoms with E-state index in [-0.39, 0.29) is 10.6 Å².